The lowest BCUT2D eigenvalue weighted by Crippen LogP contribution is -2.31. The first-order chi connectivity index (χ1) is 22.6. The third-order valence-electron chi connectivity index (χ3n) is 9.46. The lowest BCUT2D eigenvalue weighted by atomic mass is 9.98. The minimum atomic E-state index is -0.322. The number of allylic oxidation sites excluding steroid dienone is 4. The van der Waals surface area contributed by atoms with Crippen LogP contribution in [0.4, 0.5) is 0 Å². The van der Waals surface area contributed by atoms with Crippen LogP contribution in [0.25, 0.3) is 0 Å². The maximum absolute atomic E-state index is 6.67. The summed E-state index contributed by atoms with van der Waals surface area (Å²) in [5, 5.41) is 0. The fraction of sp³-hybridized carbons (Fsp3) is 0.860. The number of unbranched alkanes of at least 4 members (excludes halogenated alkanes) is 21. The van der Waals surface area contributed by atoms with Gasteiger partial charge in [-0.1, -0.05) is 134 Å². The largest absolute Gasteiger partial charge is 0.347 e. The van der Waals surface area contributed by atoms with Gasteiger partial charge in [-0.15, -0.1) is 11.8 Å². The van der Waals surface area contributed by atoms with E-state index in [4.69, 9.17) is 9.47 Å². The van der Waals surface area contributed by atoms with Gasteiger partial charge in [-0.3, -0.25) is 0 Å². The van der Waals surface area contributed by atoms with E-state index in [-0.39, 0.29) is 11.9 Å². The van der Waals surface area contributed by atoms with Crippen molar-refractivity contribution in [2.75, 3.05) is 27.2 Å². The molecule has 0 spiro atoms. The molecule has 0 N–H and O–H groups in total. The minimum Gasteiger partial charge on any atom is -0.347 e. The standard InChI is InChI=1S/C43H79NO2/c1-5-7-9-11-13-15-17-19-21-23-25-27-29-31-33-35-38-43(45-41-42(46-43)37-40-44(3)4)39-36-34-32-30-28-26-24-22-20-18-16-14-12-10-8-6-2/h13,15,19,21,42H,5-12,14,16-18,23-41H2,1-4H3/b15-13-,21-19-. The summed E-state index contributed by atoms with van der Waals surface area (Å²) in [6, 6.07) is 0. The summed E-state index contributed by atoms with van der Waals surface area (Å²) in [7, 11) is 4.30. The molecule has 1 saturated heterocycles. The van der Waals surface area contributed by atoms with Crippen molar-refractivity contribution in [2.24, 2.45) is 0 Å². The van der Waals surface area contributed by atoms with Crippen LogP contribution in [0.5, 0.6) is 0 Å². The predicted molar refractivity (Wildman–Crippen MR) is 203 cm³/mol. The Morgan fingerprint density at radius 3 is 1.59 bits per heavy atom. The fourth-order valence-electron chi connectivity index (χ4n) is 6.42. The Morgan fingerprint density at radius 1 is 0.587 bits per heavy atom. The maximum atomic E-state index is 6.67. The van der Waals surface area contributed by atoms with E-state index < -0.39 is 0 Å². The quantitative estimate of drug-likeness (QED) is 0.0414. The first-order valence-electron chi connectivity index (χ1n) is 20.3. The van der Waals surface area contributed by atoms with E-state index in [1.54, 1.807) is 0 Å². The van der Waals surface area contributed by atoms with Crippen LogP contribution in [-0.4, -0.2) is 44.0 Å². The number of nitrogens with zero attached hydrogens (tertiary/aromatic N) is 1. The van der Waals surface area contributed by atoms with Gasteiger partial charge in [0.15, 0.2) is 5.79 Å². The highest BCUT2D eigenvalue weighted by Gasteiger charge is 2.40. The van der Waals surface area contributed by atoms with Gasteiger partial charge in [0.1, 0.15) is 0 Å². The number of ether oxygens (including phenoxy) is 2. The summed E-state index contributed by atoms with van der Waals surface area (Å²) >= 11 is 0. The minimum absolute atomic E-state index is 0.258. The van der Waals surface area contributed by atoms with Crippen LogP contribution in [0.2, 0.25) is 0 Å². The molecule has 0 aliphatic carbocycles. The molecule has 1 heterocycles. The SMILES string of the molecule is CCCCC/C=C\C/C=C\CCCCCCCCC1(CCCCCCCCC#CCCCCCCCC)OCC(CCN(C)C)O1. The van der Waals surface area contributed by atoms with Gasteiger partial charge >= 0.3 is 0 Å². The molecule has 1 aliphatic heterocycles. The normalized spacial score (nSPS) is 18.3. The molecule has 0 amide bonds. The molecule has 2 unspecified atom stereocenters. The molecule has 0 aromatic carbocycles. The molecule has 1 rings (SSSR count). The van der Waals surface area contributed by atoms with Crippen molar-refractivity contribution in [1.29, 1.82) is 0 Å². The van der Waals surface area contributed by atoms with Crippen LogP contribution in [0.1, 0.15) is 200 Å². The molecule has 3 nitrogen and oxygen atoms in total. The second-order valence-electron chi connectivity index (χ2n) is 14.4. The zero-order valence-electron chi connectivity index (χ0n) is 31.6. The Kier molecular flexibility index (Phi) is 30.3. The third-order valence-corrected chi connectivity index (χ3v) is 9.46. The van der Waals surface area contributed by atoms with Crippen LogP contribution in [0, 0.1) is 11.8 Å². The lowest BCUT2D eigenvalue weighted by Gasteiger charge is -2.29. The summed E-state index contributed by atoms with van der Waals surface area (Å²) in [5.74, 6) is 6.50. The van der Waals surface area contributed by atoms with E-state index in [9.17, 15) is 0 Å². The molecule has 0 bridgehead atoms. The summed E-state index contributed by atoms with van der Waals surface area (Å²) in [6.45, 7) is 6.39. The monoisotopic (exact) mass is 642 g/mol. The Morgan fingerprint density at radius 2 is 1.04 bits per heavy atom. The summed E-state index contributed by atoms with van der Waals surface area (Å²) in [4.78, 5) is 2.26. The van der Waals surface area contributed by atoms with Gasteiger partial charge in [0.05, 0.1) is 12.7 Å². The van der Waals surface area contributed by atoms with Crippen molar-refractivity contribution in [3.05, 3.63) is 24.3 Å². The molecular formula is C43H79NO2. The Bertz CT molecular complexity index is 762. The number of rotatable bonds is 32. The van der Waals surface area contributed by atoms with E-state index >= 15 is 0 Å². The van der Waals surface area contributed by atoms with Crippen molar-refractivity contribution in [3.8, 4) is 11.8 Å². The van der Waals surface area contributed by atoms with Crippen LogP contribution >= 0.6 is 0 Å². The van der Waals surface area contributed by atoms with Crippen LogP contribution < -0.4 is 0 Å². The molecule has 0 saturated carbocycles. The van der Waals surface area contributed by atoms with Gasteiger partial charge in [-0.05, 0) is 78.3 Å². The summed E-state index contributed by atoms with van der Waals surface area (Å²) < 4.78 is 13.1. The Balaban J connectivity index is 2.15. The third kappa shape index (κ3) is 26.9. The highest BCUT2D eigenvalue weighted by molar-refractivity contribution is 4.98. The molecule has 46 heavy (non-hydrogen) atoms. The second kappa shape index (κ2) is 32.5. The van der Waals surface area contributed by atoms with E-state index in [1.165, 1.54) is 148 Å². The topological polar surface area (TPSA) is 21.7 Å². The van der Waals surface area contributed by atoms with Gasteiger partial charge in [0.25, 0.3) is 0 Å². The van der Waals surface area contributed by atoms with Gasteiger partial charge < -0.3 is 14.4 Å². The van der Waals surface area contributed by atoms with Crippen molar-refractivity contribution >= 4 is 0 Å². The highest BCUT2D eigenvalue weighted by atomic mass is 16.7. The smallest absolute Gasteiger partial charge is 0.168 e. The van der Waals surface area contributed by atoms with Gasteiger partial charge in [0, 0.05) is 32.2 Å². The average Bonchev–Trinajstić information content (AvgIpc) is 3.46. The lowest BCUT2D eigenvalue weighted by molar-refractivity contribution is -0.180. The Hall–Kier alpha value is -1.08. The first-order valence-corrected chi connectivity index (χ1v) is 20.3. The highest BCUT2D eigenvalue weighted by Crippen LogP contribution is 2.35. The van der Waals surface area contributed by atoms with E-state index in [0.717, 1.165) is 51.7 Å². The fourth-order valence-corrected chi connectivity index (χ4v) is 6.42. The average molecular weight is 642 g/mol. The molecule has 0 aromatic heterocycles. The molecule has 2 atom stereocenters. The molecule has 0 aromatic rings. The maximum Gasteiger partial charge on any atom is 0.168 e. The second-order valence-corrected chi connectivity index (χ2v) is 14.4. The van der Waals surface area contributed by atoms with Crippen LogP contribution in [0.15, 0.2) is 24.3 Å². The molecule has 268 valence electrons. The molecule has 0 radical (unpaired) electrons. The molecule has 3 heteroatoms. The first kappa shape index (κ1) is 42.9. The molecular weight excluding hydrogens is 562 g/mol. The number of hydrogen-bond acceptors (Lipinski definition) is 3. The van der Waals surface area contributed by atoms with Crippen molar-refractivity contribution < 1.29 is 9.47 Å². The zero-order valence-corrected chi connectivity index (χ0v) is 31.6. The summed E-state index contributed by atoms with van der Waals surface area (Å²) in [5.41, 5.74) is 0. The Labute approximate surface area is 289 Å². The number of hydrogen-bond donors (Lipinski definition) is 0. The molecule has 1 fully saturated rings. The molecule has 1 aliphatic rings. The van der Waals surface area contributed by atoms with Crippen LogP contribution in [-0.2, 0) is 9.47 Å². The van der Waals surface area contributed by atoms with Gasteiger partial charge in [-0.2, -0.15) is 0 Å². The van der Waals surface area contributed by atoms with Crippen LogP contribution in [0.3, 0.4) is 0 Å². The van der Waals surface area contributed by atoms with E-state index in [0.29, 0.717) is 0 Å². The summed E-state index contributed by atoms with van der Waals surface area (Å²) in [6.07, 6.45) is 46.5. The van der Waals surface area contributed by atoms with Gasteiger partial charge in [0.2, 0.25) is 0 Å². The van der Waals surface area contributed by atoms with Crippen molar-refractivity contribution in [3.63, 3.8) is 0 Å². The zero-order chi connectivity index (χ0) is 33.2. The predicted octanol–water partition coefficient (Wildman–Crippen LogP) is 13.1. The van der Waals surface area contributed by atoms with Crippen molar-refractivity contribution in [2.45, 2.75) is 212 Å². The van der Waals surface area contributed by atoms with E-state index in [2.05, 4.69) is 69.0 Å². The van der Waals surface area contributed by atoms with Crippen molar-refractivity contribution in [1.82, 2.24) is 4.90 Å². The van der Waals surface area contributed by atoms with E-state index in [1.807, 2.05) is 0 Å². The van der Waals surface area contributed by atoms with Gasteiger partial charge in [-0.25, -0.2) is 0 Å².